The summed E-state index contributed by atoms with van der Waals surface area (Å²) < 4.78 is 15.9. The maximum Gasteiger partial charge on any atom is 0.231 e. The maximum atomic E-state index is 12.3. The van der Waals surface area contributed by atoms with Crippen molar-refractivity contribution >= 4 is 17.7 Å². The van der Waals surface area contributed by atoms with Crippen molar-refractivity contribution in [3.8, 4) is 28.6 Å². The highest BCUT2D eigenvalue weighted by molar-refractivity contribution is 7.99. The lowest BCUT2D eigenvalue weighted by Crippen LogP contribution is -2.24. The van der Waals surface area contributed by atoms with E-state index >= 15 is 0 Å². The average molecular weight is 423 g/mol. The van der Waals surface area contributed by atoms with Gasteiger partial charge in [-0.25, -0.2) is 9.97 Å². The number of benzene rings is 2. The molecule has 0 spiro atoms. The van der Waals surface area contributed by atoms with Gasteiger partial charge < -0.3 is 19.5 Å². The molecule has 7 nitrogen and oxygen atoms in total. The minimum absolute atomic E-state index is 0.0695. The number of amides is 1. The first-order chi connectivity index (χ1) is 14.6. The van der Waals surface area contributed by atoms with Crippen molar-refractivity contribution in [2.45, 2.75) is 18.5 Å². The molecule has 0 saturated carbocycles. The fourth-order valence-corrected chi connectivity index (χ4v) is 3.71. The largest absolute Gasteiger partial charge is 0.497 e. The van der Waals surface area contributed by atoms with Crippen LogP contribution in [0.25, 0.3) is 11.4 Å². The Morgan fingerprint density at radius 3 is 2.70 bits per heavy atom. The number of ether oxygens (including phenoxy) is 3. The first-order valence-electron chi connectivity index (χ1n) is 9.39. The Labute approximate surface area is 178 Å². The molecule has 1 amide bonds. The van der Waals surface area contributed by atoms with Crippen LogP contribution in [0.1, 0.15) is 11.3 Å². The lowest BCUT2D eigenvalue weighted by Gasteiger charge is -2.08. The van der Waals surface area contributed by atoms with Crippen LogP contribution in [0.2, 0.25) is 0 Å². The Morgan fingerprint density at radius 2 is 1.90 bits per heavy atom. The first-order valence-corrected chi connectivity index (χ1v) is 10.4. The van der Waals surface area contributed by atoms with E-state index in [1.54, 1.807) is 7.11 Å². The van der Waals surface area contributed by atoms with Crippen LogP contribution in [0, 0.1) is 6.92 Å². The number of nitrogens with zero attached hydrogens (tertiary/aromatic N) is 2. The lowest BCUT2D eigenvalue weighted by atomic mass is 10.2. The Bertz CT molecular complexity index is 1060. The zero-order chi connectivity index (χ0) is 20.9. The van der Waals surface area contributed by atoms with Crippen molar-refractivity contribution in [3.63, 3.8) is 0 Å². The molecular weight excluding hydrogens is 402 g/mol. The van der Waals surface area contributed by atoms with Crippen molar-refractivity contribution in [2.75, 3.05) is 19.7 Å². The molecule has 0 radical (unpaired) electrons. The van der Waals surface area contributed by atoms with Crippen LogP contribution in [0.3, 0.4) is 0 Å². The molecule has 0 fully saturated rings. The summed E-state index contributed by atoms with van der Waals surface area (Å²) in [6.45, 7) is 2.58. The fourth-order valence-electron chi connectivity index (χ4n) is 2.92. The van der Waals surface area contributed by atoms with E-state index in [2.05, 4.69) is 15.3 Å². The van der Waals surface area contributed by atoms with Crippen LogP contribution in [0.15, 0.2) is 53.6 Å². The highest BCUT2D eigenvalue weighted by Crippen LogP contribution is 2.32. The van der Waals surface area contributed by atoms with E-state index in [0.717, 1.165) is 33.3 Å². The third-order valence-corrected chi connectivity index (χ3v) is 5.37. The number of aryl methyl sites for hydroxylation is 1. The number of nitrogens with one attached hydrogen (secondary N) is 1. The summed E-state index contributed by atoms with van der Waals surface area (Å²) in [6, 6.07) is 15.1. The van der Waals surface area contributed by atoms with Gasteiger partial charge in [-0.3, -0.25) is 4.79 Å². The van der Waals surface area contributed by atoms with Gasteiger partial charge in [0, 0.05) is 17.8 Å². The molecule has 4 rings (SSSR count). The van der Waals surface area contributed by atoms with Gasteiger partial charge in [-0.15, -0.1) is 0 Å². The van der Waals surface area contributed by atoms with E-state index in [1.807, 2.05) is 55.5 Å². The molecule has 1 aliphatic heterocycles. The molecule has 0 aliphatic carbocycles. The monoisotopic (exact) mass is 423 g/mol. The highest BCUT2D eigenvalue weighted by Gasteiger charge is 2.14. The molecule has 1 aliphatic rings. The number of carbonyl (C=O) groups excluding carboxylic acids is 1. The van der Waals surface area contributed by atoms with Gasteiger partial charge in [0.1, 0.15) is 10.8 Å². The van der Waals surface area contributed by atoms with Crippen LogP contribution in [0.5, 0.6) is 17.2 Å². The summed E-state index contributed by atoms with van der Waals surface area (Å²) in [5, 5.41) is 3.68. The summed E-state index contributed by atoms with van der Waals surface area (Å²) in [7, 11) is 1.63. The topological polar surface area (TPSA) is 82.6 Å². The molecule has 2 heterocycles. The lowest BCUT2D eigenvalue weighted by molar-refractivity contribution is -0.118. The number of fused-ring (bicyclic) bond motifs is 1. The highest BCUT2D eigenvalue weighted by atomic mass is 32.2. The number of hydrogen-bond acceptors (Lipinski definition) is 7. The molecule has 3 aromatic rings. The van der Waals surface area contributed by atoms with E-state index in [1.165, 1.54) is 11.8 Å². The second kappa shape index (κ2) is 9.04. The molecule has 1 aromatic heterocycles. The van der Waals surface area contributed by atoms with Crippen molar-refractivity contribution in [3.05, 3.63) is 59.8 Å². The van der Waals surface area contributed by atoms with Gasteiger partial charge in [0.25, 0.3) is 0 Å². The summed E-state index contributed by atoms with van der Waals surface area (Å²) in [5.41, 5.74) is 2.70. The Kier molecular flexibility index (Phi) is 6.04. The molecule has 1 N–H and O–H groups in total. The minimum atomic E-state index is -0.0695. The van der Waals surface area contributed by atoms with Crippen LogP contribution in [-0.4, -0.2) is 35.5 Å². The fraction of sp³-hybridized carbons (Fsp3) is 0.227. The van der Waals surface area contributed by atoms with Crippen LogP contribution in [-0.2, 0) is 11.3 Å². The summed E-state index contributed by atoms with van der Waals surface area (Å²) in [4.78, 5) is 21.4. The summed E-state index contributed by atoms with van der Waals surface area (Å²) in [5.74, 6) is 3.04. The van der Waals surface area contributed by atoms with Gasteiger partial charge in [-0.1, -0.05) is 17.8 Å². The van der Waals surface area contributed by atoms with Crippen LogP contribution >= 0.6 is 11.8 Å². The van der Waals surface area contributed by atoms with Gasteiger partial charge in [-0.2, -0.15) is 0 Å². The smallest absolute Gasteiger partial charge is 0.231 e. The predicted molar refractivity (Wildman–Crippen MR) is 114 cm³/mol. The average Bonchev–Trinajstić information content (AvgIpc) is 3.24. The quantitative estimate of drug-likeness (QED) is 0.459. The molecular formula is C22H21N3O4S. The number of rotatable bonds is 7. The standard InChI is InChI=1S/C22H21N3O4S/c1-14-9-21(25-22(24-14)16-4-6-17(27-2)7-5-16)30-12-20(26)23-11-15-3-8-18-19(10-15)29-13-28-18/h3-10H,11-13H2,1-2H3,(H,23,26). The number of thioether (sulfide) groups is 1. The molecule has 0 saturated heterocycles. The minimum Gasteiger partial charge on any atom is -0.497 e. The Balaban J connectivity index is 1.34. The Morgan fingerprint density at radius 1 is 1.10 bits per heavy atom. The van der Waals surface area contributed by atoms with E-state index in [9.17, 15) is 4.79 Å². The van der Waals surface area contributed by atoms with Crippen LogP contribution < -0.4 is 19.5 Å². The second-order valence-corrected chi connectivity index (χ2v) is 7.65. The summed E-state index contributed by atoms with van der Waals surface area (Å²) in [6.07, 6.45) is 0. The molecule has 0 bridgehead atoms. The molecule has 0 atom stereocenters. The zero-order valence-corrected chi connectivity index (χ0v) is 17.5. The van der Waals surface area contributed by atoms with Gasteiger partial charge in [0.2, 0.25) is 12.7 Å². The van der Waals surface area contributed by atoms with E-state index < -0.39 is 0 Å². The number of carbonyl (C=O) groups is 1. The number of hydrogen-bond donors (Lipinski definition) is 1. The molecule has 0 unspecified atom stereocenters. The summed E-state index contributed by atoms with van der Waals surface area (Å²) >= 11 is 1.38. The molecule has 2 aromatic carbocycles. The maximum absolute atomic E-state index is 12.3. The van der Waals surface area contributed by atoms with E-state index in [4.69, 9.17) is 14.2 Å². The zero-order valence-electron chi connectivity index (χ0n) is 16.7. The predicted octanol–water partition coefficient (Wildman–Crippen LogP) is 3.60. The van der Waals surface area contributed by atoms with E-state index in [0.29, 0.717) is 18.1 Å². The third kappa shape index (κ3) is 4.83. The molecule has 30 heavy (non-hydrogen) atoms. The van der Waals surface area contributed by atoms with Gasteiger partial charge in [0.05, 0.1) is 12.9 Å². The van der Waals surface area contributed by atoms with Gasteiger partial charge in [-0.05, 0) is 55.0 Å². The molecule has 8 heteroatoms. The first kappa shape index (κ1) is 20.0. The number of aromatic nitrogens is 2. The normalized spacial score (nSPS) is 11.9. The van der Waals surface area contributed by atoms with Crippen molar-refractivity contribution in [1.82, 2.24) is 15.3 Å². The van der Waals surface area contributed by atoms with E-state index in [-0.39, 0.29) is 18.5 Å². The van der Waals surface area contributed by atoms with Crippen molar-refractivity contribution in [1.29, 1.82) is 0 Å². The van der Waals surface area contributed by atoms with Crippen LogP contribution in [0.4, 0.5) is 0 Å². The van der Waals surface area contributed by atoms with Crippen molar-refractivity contribution < 1.29 is 19.0 Å². The second-order valence-electron chi connectivity index (χ2n) is 6.65. The van der Waals surface area contributed by atoms with Crippen molar-refractivity contribution in [2.24, 2.45) is 0 Å². The third-order valence-electron chi connectivity index (χ3n) is 4.46. The van der Waals surface area contributed by atoms with Gasteiger partial charge >= 0.3 is 0 Å². The Hall–Kier alpha value is -3.26. The number of methoxy groups -OCH3 is 1. The SMILES string of the molecule is COc1ccc(-c2nc(C)cc(SCC(=O)NCc3ccc4c(c3)OCO4)n2)cc1. The van der Waals surface area contributed by atoms with Gasteiger partial charge in [0.15, 0.2) is 17.3 Å². The molecule has 154 valence electrons.